The second kappa shape index (κ2) is 10.1. The van der Waals surface area contributed by atoms with Crippen molar-refractivity contribution in [2.75, 3.05) is 39.5 Å². The maximum Gasteiger partial charge on any atom is 0.260 e. The molecule has 1 fully saturated rings. The highest BCUT2D eigenvalue weighted by Gasteiger charge is 2.17. The third kappa shape index (κ3) is 6.43. The summed E-state index contributed by atoms with van der Waals surface area (Å²) in [6.07, 6.45) is 0.528. The number of benzene rings is 2. The molecule has 0 unspecified atom stereocenters. The summed E-state index contributed by atoms with van der Waals surface area (Å²) in [4.78, 5) is 14.0. The minimum atomic E-state index is -3.57. The van der Waals surface area contributed by atoms with Gasteiger partial charge in [0.1, 0.15) is 5.75 Å². The van der Waals surface area contributed by atoms with Crippen LogP contribution in [0.2, 0.25) is 5.02 Å². The molecular weight excluding hydrogens is 416 g/mol. The van der Waals surface area contributed by atoms with Gasteiger partial charge in [-0.2, -0.15) is 0 Å². The number of morpholine rings is 1. The van der Waals surface area contributed by atoms with E-state index in [0.29, 0.717) is 43.5 Å². The molecule has 3 rings (SSSR count). The zero-order valence-corrected chi connectivity index (χ0v) is 17.4. The van der Waals surface area contributed by atoms with Gasteiger partial charge >= 0.3 is 0 Å². The van der Waals surface area contributed by atoms with E-state index in [1.807, 2.05) is 12.1 Å². The summed E-state index contributed by atoms with van der Waals surface area (Å²) in [5, 5.41) is 0.484. The molecule has 2 aromatic carbocycles. The minimum Gasteiger partial charge on any atom is -0.484 e. The Morgan fingerprint density at radius 3 is 2.38 bits per heavy atom. The number of nitrogens with one attached hydrogen (secondary N) is 1. The molecule has 156 valence electrons. The zero-order valence-electron chi connectivity index (χ0n) is 15.8. The van der Waals surface area contributed by atoms with Crippen LogP contribution in [0, 0.1) is 0 Å². The summed E-state index contributed by atoms with van der Waals surface area (Å²) < 4.78 is 37.8. The van der Waals surface area contributed by atoms with E-state index in [-0.39, 0.29) is 24.0 Å². The molecule has 1 amide bonds. The average Bonchev–Trinajstić information content (AvgIpc) is 2.74. The second-order valence-corrected chi connectivity index (χ2v) is 8.73. The topological polar surface area (TPSA) is 84.9 Å². The fraction of sp³-hybridized carbons (Fsp3) is 0.350. The summed E-state index contributed by atoms with van der Waals surface area (Å²) in [5.74, 6) is 0.533. The highest BCUT2D eigenvalue weighted by molar-refractivity contribution is 7.89. The molecule has 1 aliphatic rings. The van der Waals surface area contributed by atoms with E-state index in [0.717, 1.165) is 5.56 Å². The van der Waals surface area contributed by atoms with E-state index in [9.17, 15) is 13.2 Å². The molecule has 7 nitrogen and oxygen atoms in total. The van der Waals surface area contributed by atoms with Crippen LogP contribution in [0.1, 0.15) is 5.56 Å². The van der Waals surface area contributed by atoms with Crippen molar-refractivity contribution in [3.8, 4) is 5.75 Å². The van der Waals surface area contributed by atoms with Crippen LogP contribution < -0.4 is 9.46 Å². The van der Waals surface area contributed by atoms with Crippen molar-refractivity contribution in [2.45, 2.75) is 11.3 Å². The van der Waals surface area contributed by atoms with E-state index in [2.05, 4.69) is 4.72 Å². The summed E-state index contributed by atoms with van der Waals surface area (Å²) in [6, 6.07) is 13.3. The van der Waals surface area contributed by atoms with Crippen LogP contribution in [0.5, 0.6) is 5.75 Å². The van der Waals surface area contributed by atoms with Gasteiger partial charge in [0, 0.05) is 24.7 Å². The summed E-state index contributed by atoms with van der Waals surface area (Å²) in [5.41, 5.74) is 0.954. The Kier molecular flexibility index (Phi) is 7.49. The van der Waals surface area contributed by atoms with Gasteiger partial charge in [-0.25, -0.2) is 13.1 Å². The Balaban J connectivity index is 1.44. The fourth-order valence-corrected chi connectivity index (χ4v) is 3.99. The smallest absolute Gasteiger partial charge is 0.260 e. The highest BCUT2D eigenvalue weighted by atomic mass is 35.5. The van der Waals surface area contributed by atoms with Crippen molar-refractivity contribution in [2.24, 2.45) is 0 Å². The maximum absolute atomic E-state index is 12.2. The van der Waals surface area contributed by atoms with Crippen molar-refractivity contribution in [1.29, 1.82) is 0 Å². The number of halogens is 1. The number of rotatable bonds is 8. The number of hydrogen-bond acceptors (Lipinski definition) is 5. The number of carbonyl (C=O) groups is 1. The van der Waals surface area contributed by atoms with Crippen LogP contribution in [0.3, 0.4) is 0 Å². The van der Waals surface area contributed by atoms with Crippen LogP contribution in [-0.2, 0) is 26.0 Å². The minimum absolute atomic E-state index is 0.0137. The summed E-state index contributed by atoms with van der Waals surface area (Å²) in [7, 11) is -3.57. The molecule has 0 bridgehead atoms. The largest absolute Gasteiger partial charge is 0.484 e. The Bertz CT molecular complexity index is 911. The van der Waals surface area contributed by atoms with Gasteiger partial charge in [0.15, 0.2) is 6.61 Å². The number of hydrogen-bond donors (Lipinski definition) is 1. The first kappa shape index (κ1) is 21.6. The Hall–Kier alpha value is -2.13. The Labute approximate surface area is 175 Å². The van der Waals surface area contributed by atoms with E-state index >= 15 is 0 Å². The lowest BCUT2D eigenvalue weighted by atomic mass is 10.1. The molecule has 1 saturated heterocycles. The SMILES string of the molecule is O=C(COc1ccc(CCNS(=O)(=O)c2ccc(Cl)cc2)cc1)N1CCOCC1. The molecule has 1 N–H and O–H groups in total. The van der Waals surface area contributed by atoms with Gasteiger partial charge in [-0.05, 0) is 48.4 Å². The third-order valence-electron chi connectivity index (χ3n) is 4.48. The number of carbonyl (C=O) groups excluding carboxylic acids is 1. The van der Waals surface area contributed by atoms with Crippen LogP contribution in [0.15, 0.2) is 53.4 Å². The molecule has 29 heavy (non-hydrogen) atoms. The van der Waals surface area contributed by atoms with Gasteiger partial charge in [-0.3, -0.25) is 4.79 Å². The van der Waals surface area contributed by atoms with Crippen LogP contribution >= 0.6 is 11.6 Å². The van der Waals surface area contributed by atoms with Gasteiger partial charge in [-0.15, -0.1) is 0 Å². The van der Waals surface area contributed by atoms with Crippen molar-refractivity contribution in [3.05, 3.63) is 59.1 Å². The molecule has 0 atom stereocenters. The van der Waals surface area contributed by atoms with Gasteiger partial charge < -0.3 is 14.4 Å². The molecule has 9 heteroatoms. The lowest BCUT2D eigenvalue weighted by Crippen LogP contribution is -2.42. The normalized spacial score (nSPS) is 14.6. The number of nitrogens with zero attached hydrogens (tertiary/aromatic N) is 1. The maximum atomic E-state index is 12.2. The van der Waals surface area contributed by atoms with E-state index in [4.69, 9.17) is 21.1 Å². The Morgan fingerprint density at radius 1 is 1.07 bits per heavy atom. The Morgan fingerprint density at radius 2 is 1.72 bits per heavy atom. The monoisotopic (exact) mass is 438 g/mol. The van der Waals surface area contributed by atoms with Crippen LogP contribution in [0.25, 0.3) is 0 Å². The second-order valence-electron chi connectivity index (χ2n) is 6.53. The quantitative estimate of drug-likeness (QED) is 0.682. The number of amides is 1. The van der Waals surface area contributed by atoms with Gasteiger partial charge in [0.25, 0.3) is 5.91 Å². The van der Waals surface area contributed by atoms with E-state index in [1.54, 1.807) is 29.2 Å². The van der Waals surface area contributed by atoms with Gasteiger partial charge in [0.05, 0.1) is 18.1 Å². The summed E-state index contributed by atoms with van der Waals surface area (Å²) in [6.45, 7) is 2.55. The zero-order chi connectivity index (χ0) is 20.7. The first-order valence-corrected chi connectivity index (χ1v) is 11.1. The number of ether oxygens (including phenoxy) is 2. The highest BCUT2D eigenvalue weighted by Crippen LogP contribution is 2.15. The number of sulfonamides is 1. The molecule has 0 spiro atoms. The lowest BCUT2D eigenvalue weighted by Gasteiger charge is -2.26. The van der Waals surface area contributed by atoms with Crippen LogP contribution in [0.4, 0.5) is 0 Å². The predicted molar refractivity (Wildman–Crippen MR) is 110 cm³/mol. The molecule has 1 heterocycles. The third-order valence-corrected chi connectivity index (χ3v) is 6.21. The van der Waals surface area contributed by atoms with Gasteiger partial charge in [0.2, 0.25) is 10.0 Å². The average molecular weight is 439 g/mol. The first-order valence-electron chi connectivity index (χ1n) is 9.26. The molecule has 2 aromatic rings. The first-order chi connectivity index (χ1) is 13.9. The molecule has 0 radical (unpaired) electrons. The van der Waals surface area contributed by atoms with Crippen molar-refractivity contribution >= 4 is 27.5 Å². The summed E-state index contributed by atoms with van der Waals surface area (Å²) >= 11 is 5.79. The van der Waals surface area contributed by atoms with Crippen molar-refractivity contribution < 1.29 is 22.7 Å². The fourth-order valence-electron chi connectivity index (χ4n) is 2.83. The molecule has 1 aliphatic heterocycles. The lowest BCUT2D eigenvalue weighted by molar-refractivity contribution is -0.137. The molecule has 0 saturated carbocycles. The van der Waals surface area contributed by atoms with E-state index < -0.39 is 10.0 Å². The molecular formula is C20H23ClN2O5S. The molecule has 0 aliphatic carbocycles. The van der Waals surface area contributed by atoms with E-state index in [1.165, 1.54) is 12.1 Å². The van der Waals surface area contributed by atoms with Gasteiger partial charge in [-0.1, -0.05) is 23.7 Å². The predicted octanol–water partition coefficient (Wildman–Crippen LogP) is 2.10. The standard InChI is InChI=1S/C20H23ClN2O5S/c21-17-3-7-19(8-4-17)29(25,26)22-10-9-16-1-5-18(6-2-16)28-15-20(24)23-11-13-27-14-12-23/h1-8,22H,9-15H2. The van der Waals surface area contributed by atoms with Crippen molar-refractivity contribution in [1.82, 2.24) is 9.62 Å². The van der Waals surface area contributed by atoms with Crippen LogP contribution in [-0.4, -0.2) is 58.7 Å². The van der Waals surface area contributed by atoms with Crippen molar-refractivity contribution in [3.63, 3.8) is 0 Å². The molecule has 0 aromatic heterocycles.